The molecule has 38 heavy (non-hydrogen) atoms. The van der Waals surface area contributed by atoms with Gasteiger partial charge in [0.1, 0.15) is 11.5 Å². The summed E-state index contributed by atoms with van der Waals surface area (Å²) in [6, 6.07) is 10.5. The monoisotopic (exact) mass is 513 g/mol. The predicted molar refractivity (Wildman–Crippen MR) is 147 cm³/mol. The molecule has 0 bridgehead atoms. The largest absolute Gasteiger partial charge is 0.350 e. The molecule has 2 aliphatic heterocycles. The second-order valence-corrected chi connectivity index (χ2v) is 11.0. The Morgan fingerprint density at radius 2 is 1.82 bits per heavy atom. The summed E-state index contributed by atoms with van der Waals surface area (Å²) in [4.78, 5) is 48.2. The maximum atomic E-state index is 13.5. The van der Waals surface area contributed by atoms with Crippen LogP contribution in [0.25, 0.3) is 10.8 Å². The molecule has 2 aromatic heterocycles. The van der Waals surface area contributed by atoms with E-state index in [1.807, 2.05) is 35.9 Å². The maximum absolute atomic E-state index is 13.5. The zero-order chi connectivity index (χ0) is 26.4. The minimum absolute atomic E-state index is 0.0301. The van der Waals surface area contributed by atoms with Gasteiger partial charge >= 0.3 is 0 Å². The van der Waals surface area contributed by atoms with Gasteiger partial charge in [0.25, 0.3) is 5.91 Å². The molecule has 9 heteroatoms. The lowest BCUT2D eigenvalue weighted by atomic mass is 10.1. The Hall–Kier alpha value is -3.75. The molecular formula is C29H35N7O2. The topological polar surface area (TPSA) is 85.8 Å². The van der Waals surface area contributed by atoms with Crippen LogP contribution in [0.1, 0.15) is 55.4 Å². The van der Waals surface area contributed by atoms with E-state index in [9.17, 15) is 9.59 Å². The predicted octanol–water partition coefficient (Wildman–Crippen LogP) is 3.47. The van der Waals surface area contributed by atoms with Gasteiger partial charge in [-0.25, -0.2) is 4.98 Å². The van der Waals surface area contributed by atoms with E-state index in [0.29, 0.717) is 56.8 Å². The number of pyridine rings is 1. The van der Waals surface area contributed by atoms with Crippen LogP contribution >= 0.6 is 0 Å². The van der Waals surface area contributed by atoms with Gasteiger partial charge in [0.05, 0.1) is 18.8 Å². The summed E-state index contributed by atoms with van der Waals surface area (Å²) < 4.78 is 0. The Labute approximate surface area is 223 Å². The third-order valence-electron chi connectivity index (χ3n) is 7.91. The van der Waals surface area contributed by atoms with Crippen molar-refractivity contribution in [1.82, 2.24) is 24.8 Å². The van der Waals surface area contributed by atoms with E-state index in [1.165, 1.54) is 18.2 Å². The Kier molecular flexibility index (Phi) is 6.37. The van der Waals surface area contributed by atoms with Crippen LogP contribution in [0.5, 0.6) is 0 Å². The molecule has 0 atom stereocenters. The van der Waals surface area contributed by atoms with Crippen LogP contribution in [0.3, 0.4) is 0 Å². The summed E-state index contributed by atoms with van der Waals surface area (Å²) in [5, 5.41) is 2.29. The van der Waals surface area contributed by atoms with Gasteiger partial charge in [0.2, 0.25) is 11.9 Å². The van der Waals surface area contributed by atoms with Gasteiger partial charge in [0, 0.05) is 62.8 Å². The average molecular weight is 514 g/mol. The van der Waals surface area contributed by atoms with Crippen molar-refractivity contribution in [1.29, 1.82) is 0 Å². The highest BCUT2D eigenvalue weighted by Gasteiger charge is 2.37. The van der Waals surface area contributed by atoms with Crippen LogP contribution in [-0.4, -0.2) is 75.3 Å². The molecule has 6 rings (SSSR count). The van der Waals surface area contributed by atoms with E-state index in [4.69, 9.17) is 15.0 Å². The van der Waals surface area contributed by atoms with Crippen LogP contribution in [-0.2, 0) is 17.9 Å². The summed E-state index contributed by atoms with van der Waals surface area (Å²) in [6.07, 6.45) is 4.37. The molecule has 3 aromatic rings. The maximum Gasteiger partial charge on any atom is 0.273 e. The van der Waals surface area contributed by atoms with Gasteiger partial charge in [-0.15, -0.1) is 0 Å². The van der Waals surface area contributed by atoms with Gasteiger partial charge in [-0.05, 0) is 44.1 Å². The van der Waals surface area contributed by atoms with Gasteiger partial charge in [-0.3, -0.25) is 14.6 Å². The van der Waals surface area contributed by atoms with E-state index < -0.39 is 0 Å². The summed E-state index contributed by atoms with van der Waals surface area (Å²) in [7, 11) is 0. The van der Waals surface area contributed by atoms with Crippen molar-refractivity contribution in [3.8, 4) is 0 Å². The molecule has 1 aromatic carbocycles. The van der Waals surface area contributed by atoms with Crippen molar-refractivity contribution >= 4 is 34.4 Å². The molecule has 0 unspecified atom stereocenters. The second-order valence-electron chi connectivity index (χ2n) is 11.0. The molecule has 2 fully saturated rings. The first-order valence-corrected chi connectivity index (χ1v) is 13.7. The molecular weight excluding hydrogens is 478 g/mol. The number of carbonyl (C=O) groups excluding carboxylic acids is 2. The van der Waals surface area contributed by atoms with Crippen LogP contribution in [0.15, 0.2) is 36.5 Å². The number of hydrogen-bond acceptors (Lipinski definition) is 7. The summed E-state index contributed by atoms with van der Waals surface area (Å²) in [6.45, 7) is 10.3. The fourth-order valence-electron chi connectivity index (χ4n) is 5.45. The first kappa shape index (κ1) is 24.6. The normalized spacial score (nSPS) is 17.5. The molecule has 1 aliphatic carbocycles. The SMILES string of the molecule is CC(=O)N1CCN(c2nc3c(c(N(Cc4cc5ccccc5cn4)CC4CC4)n2)CN(C(C)C)C3=O)CC1. The summed E-state index contributed by atoms with van der Waals surface area (Å²) >= 11 is 0. The third kappa shape index (κ3) is 4.77. The number of fused-ring (bicyclic) bond motifs is 2. The molecule has 9 nitrogen and oxygen atoms in total. The summed E-state index contributed by atoms with van der Waals surface area (Å²) in [5.74, 6) is 2.10. The minimum atomic E-state index is -0.0301. The highest BCUT2D eigenvalue weighted by molar-refractivity contribution is 5.98. The van der Waals surface area contributed by atoms with Crippen molar-refractivity contribution in [2.24, 2.45) is 5.92 Å². The molecule has 3 aliphatic rings. The van der Waals surface area contributed by atoms with Crippen LogP contribution in [0, 0.1) is 5.92 Å². The first-order chi connectivity index (χ1) is 18.4. The molecule has 198 valence electrons. The fraction of sp³-hybridized carbons (Fsp3) is 0.483. The molecule has 1 saturated carbocycles. The van der Waals surface area contributed by atoms with Gasteiger partial charge in [-0.1, -0.05) is 24.3 Å². The molecule has 0 radical (unpaired) electrons. The third-order valence-corrected chi connectivity index (χ3v) is 7.91. The quantitative estimate of drug-likeness (QED) is 0.478. The molecule has 1 saturated heterocycles. The number of nitrogens with zero attached hydrogens (tertiary/aromatic N) is 7. The lowest BCUT2D eigenvalue weighted by molar-refractivity contribution is -0.129. The van der Waals surface area contributed by atoms with E-state index in [2.05, 4.69) is 34.1 Å². The van der Waals surface area contributed by atoms with E-state index >= 15 is 0 Å². The minimum Gasteiger partial charge on any atom is -0.350 e. The summed E-state index contributed by atoms with van der Waals surface area (Å²) in [5.41, 5.74) is 2.41. The Bertz CT molecular complexity index is 1380. The number of anilines is 2. The molecule has 2 amide bonds. The molecule has 4 heterocycles. The Morgan fingerprint density at radius 3 is 2.50 bits per heavy atom. The molecule has 0 N–H and O–H groups in total. The first-order valence-electron chi connectivity index (χ1n) is 13.7. The highest BCUT2D eigenvalue weighted by Crippen LogP contribution is 2.37. The average Bonchev–Trinajstić information content (AvgIpc) is 3.68. The number of amides is 2. The van der Waals surface area contributed by atoms with Crippen molar-refractivity contribution in [2.75, 3.05) is 42.5 Å². The number of rotatable bonds is 7. The van der Waals surface area contributed by atoms with Crippen molar-refractivity contribution in [3.63, 3.8) is 0 Å². The number of benzene rings is 1. The lowest BCUT2D eigenvalue weighted by Gasteiger charge is -2.35. The molecule has 0 spiro atoms. The van der Waals surface area contributed by atoms with E-state index in [-0.39, 0.29) is 17.9 Å². The van der Waals surface area contributed by atoms with Gasteiger partial charge < -0.3 is 19.6 Å². The van der Waals surface area contributed by atoms with Crippen LogP contribution in [0.4, 0.5) is 11.8 Å². The van der Waals surface area contributed by atoms with Crippen molar-refractivity contribution in [2.45, 2.75) is 52.7 Å². The lowest BCUT2D eigenvalue weighted by Crippen LogP contribution is -2.48. The Balaban J connectivity index is 1.38. The van der Waals surface area contributed by atoms with Crippen molar-refractivity contribution in [3.05, 3.63) is 53.5 Å². The van der Waals surface area contributed by atoms with E-state index in [1.54, 1.807) is 6.92 Å². The van der Waals surface area contributed by atoms with Gasteiger partial charge in [-0.2, -0.15) is 4.98 Å². The second kappa shape index (κ2) is 9.85. The number of piperazine rings is 1. The smallest absolute Gasteiger partial charge is 0.273 e. The zero-order valence-corrected chi connectivity index (χ0v) is 22.4. The van der Waals surface area contributed by atoms with Gasteiger partial charge in [0.15, 0.2) is 0 Å². The highest BCUT2D eigenvalue weighted by atomic mass is 16.2. The number of aromatic nitrogens is 3. The van der Waals surface area contributed by atoms with E-state index in [0.717, 1.165) is 29.0 Å². The van der Waals surface area contributed by atoms with Crippen molar-refractivity contribution < 1.29 is 9.59 Å². The van der Waals surface area contributed by atoms with Crippen LogP contribution < -0.4 is 9.80 Å². The number of carbonyl (C=O) groups is 2. The fourth-order valence-corrected chi connectivity index (χ4v) is 5.45. The Morgan fingerprint density at radius 1 is 1.08 bits per heavy atom. The number of hydrogen-bond donors (Lipinski definition) is 0. The standard InChI is InChI=1S/C29H35N7O2/c1-19(2)36-18-25-26(28(36)38)31-29(34-12-10-33(11-13-34)20(3)37)32-27(25)35(16-21-8-9-21)17-24-14-22-6-4-5-7-23(22)15-30-24/h4-7,14-15,19,21H,8-13,16-18H2,1-3H3. The van der Waals surface area contributed by atoms with Crippen LogP contribution in [0.2, 0.25) is 0 Å². The zero-order valence-electron chi connectivity index (χ0n) is 22.4.